The summed E-state index contributed by atoms with van der Waals surface area (Å²) in [6, 6.07) is 11.8. The number of aliphatic hydroxyl groups is 1. The van der Waals surface area contributed by atoms with Gasteiger partial charge < -0.3 is 25.5 Å². The third-order valence-electron chi connectivity index (χ3n) is 4.74. The number of anilines is 2. The van der Waals surface area contributed by atoms with Gasteiger partial charge in [-0.05, 0) is 48.5 Å². The van der Waals surface area contributed by atoms with E-state index in [4.69, 9.17) is 11.6 Å². The summed E-state index contributed by atoms with van der Waals surface area (Å²) in [6.07, 6.45) is -0.659. The average Bonchev–Trinajstić information content (AvgIpc) is 3.12. The van der Waals surface area contributed by atoms with Gasteiger partial charge in [-0.25, -0.2) is 4.79 Å². The number of likely N-dealkylation sites (tertiary alicyclic amines) is 1. The summed E-state index contributed by atoms with van der Waals surface area (Å²) in [5.41, 5.74) is 1.53. The third kappa shape index (κ3) is 5.08. The van der Waals surface area contributed by atoms with Gasteiger partial charge >= 0.3 is 6.03 Å². The largest absolute Gasteiger partial charge is 0.391 e. The molecule has 9 heteroatoms. The second kappa shape index (κ2) is 9.15. The molecule has 1 aliphatic heterocycles. The highest BCUT2D eigenvalue weighted by Gasteiger charge is 2.39. The van der Waals surface area contributed by atoms with E-state index in [2.05, 4.69) is 10.6 Å². The Morgan fingerprint density at radius 1 is 1.00 bits per heavy atom. The van der Waals surface area contributed by atoms with E-state index >= 15 is 0 Å². The predicted octanol–water partition coefficient (Wildman–Crippen LogP) is 2.65. The molecule has 1 saturated heterocycles. The van der Waals surface area contributed by atoms with Gasteiger partial charge in [0.15, 0.2) is 0 Å². The van der Waals surface area contributed by atoms with Crippen LogP contribution in [0, 0.1) is 0 Å². The molecule has 158 valence electrons. The topological polar surface area (TPSA) is 102 Å². The molecule has 3 rings (SSSR count). The van der Waals surface area contributed by atoms with Gasteiger partial charge in [0.1, 0.15) is 6.04 Å². The fraction of sp³-hybridized carbons (Fsp3) is 0.286. The number of benzene rings is 2. The van der Waals surface area contributed by atoms with E-state index in [0.29, 0.717) is 22.0 Å². The molecular weight excluding hydrogens is 408 g/mol. The predicted molar refractivity (Wildman–Crippen MR) is 115 cm³/mol. The lowest BCUT2D eigenvalue weighted by atomic mass is 10.1. The molecule has 1 fully saturated rings. The number of nitrogens with one attached hydrogen (secondary N) is 2. The molecule has 2 unspecified atom stereocenters. The van der Waals surface area contributed by atoms with E-state index in [1.54, 1.807) is 62.6 Å². The van der Waals surface area contributed by atoms with Crippen LogP contribution in [0.15, 0.2) is 48.5 Å². The summed E-state index contributed by atoms with van der Waals surface area (Å²) in [7, 11) is 3.32. The molecule has 4 amide bonds. The summed E-state index contributed by atoms with van der Waals surface area (Å²) in [5, 5.41) is 16.0. The van der Waals surface area contributed by atoms with Crippen LogP contribution < -0.4 is 10.6 Å². The van der Waals surface area contributed by atoms with Crippen LogP contribution in [0.25, 0.3) is 0 Å². The molecule has 1 aliphatic rings. The van der Waals surface area contributed by atoms with Gasteiger partial charge in [-0.3, -0.25) is 9.59 Å². The number of urea groups is 1. The maximum absolute atomic E-state index is 12.8. The second-order valence-electron chi connectivity index (χ2n) is 7.26. The van der Waals surface area contributed by atoms with Crippen molar-refractivity contribution in [2.75, 3.05) is 31.3 Å². The summed E-state index contributed by atoms with van der Waals surface area (Å²) < 4.78 is 0. The minimum Gasteiger partial charge on any atom is -0.391 e. The van der Waals surface area contributed by atoms with Gasteiger partial charge in [0.2, 0.25) is 5.91 Å². The molecule has 30 heavy (non-hydrogen) atoms. The summed E-state index contributed by atoms with van der Waals surface area (Å²) in [5.74, 6) is -0.554. The molecule has 0 aliphatic carbocycles. The fourth-order valence-electron chi connectivity index (χ4n) is 3.20. The van der Waals surface area contributed by atoms with Gasteiger partial charge in [0, 0.05) is 49.0 Å². The van der Waals surface area contributed by atoms with Crippen molar-refractivity contribution in [1.82, 2.24) is 9.80 Å². The van der Waals surface area contributed by atoms with Crippen molar-refractivity contribution in [2.45, 2.75) is 18.6 Å². The minimum absolute atomic E-state index is 0.0494. The standard InChI is InChI=1S/C21H23ClN4O4/c1-25(2)20(29)13-3-7-15(8-4-13)23-19(28)18-11-17(27)12-26(18)21(30)24-16-9-5-14(22)6-10-16/h3-10,17-18,27H,11-12H2,1-2H3,(H,23,28)(H,24,30). The Balaban J connectivity index is 1.66. The number of hydrogen-bond acceptors (Lipinski definition) is 4. The Kier molecular flexibility index (Phi) is 6.59. The average molecular weight is 431 g/mol. The van der Waals surface area contributed by atoms with Crippen LogP contribution in [0.4, 0.5) is 16.2 Å². The number of carbonyl (C=O) groups is 3. The van der Waals surface area contributed by atoms with Crippen molar-refractivity contribution in [1.29, 1.82) is 0 Å². The number of halogens is 1. The molecule has 0 bridgehead atoms. The highest BCUT2D eigenvalue weighted by atomic mass is 35.5. The van der Waals surface area contributed by atoms with Crippen LogP contribution in [-0.4, -0.2) is 65.5 Å². The second-order valence-corrected chi connectivity index (χ2v) is 7.70. The van der Waals surface area contributed by atoms with Gasteiger partial charge in [-0.1, -0.05) is 11.6 Å². The van der Waals surface area contributed by atoms with Crippen molar-refractivity contribution in [3.63, 3.8) is 0 Å². The van der Waals surface area contributed by atoms with E-state index in [-0.39, 0.29) is 18.9 Å². The number of carbonyl (C=O) groups excluding carboxylic acids is 3. The van der Waals surface area contributed by atoms with Crippen molar-refractivity contribution >= 4 is 40.8 Å². The summed E-state index contributed by atoms with van der Waals surface area (Å²) in [6.45, 7) is 0.0494. The highest BCUT2D eigenvalue weighted by molar-refractivity contribution is 6.30. The zero-order chi connectivity index (χ0) is 21.8. The fourth-order valence-corrected chi connectivity index (χ4v) is 3.32. The Morgan fingerprint density at radius 3 is 2.17 bits per heavy atom. The maximum atomic E-state index is 12.8. The number of nitrogens with zero attached hydrogens (tertiary/aromatic N) is 2. The number of hydrogen-bond donors (Lipinski definition) is 3. The van der Waals surface area contributed by atoms with E-state index in [1.807, 2.05) is 0 Å². The molecule has 0 radical (unpaired) electrons. The highest BCUT2D eigenvalue weighted by Crippen LogP contribution is 2.22. The Hall–Kier alpha value is -3.10. The lowest BCUT2D eigenvalue weighted by molar-refractivity contribution is -0.119. The molecule has 0 aromatic heterocycles. The minimum atomic E-state index is -0.824. The van der Waals surface area contributed by atoms with Crippen molar-refractivity contribution in [3.05, 3.63) is 59.1 Å². The van der Waals surface area contributed by atoms with E-state index < -0.39 is 24.1 Å². The molecule has 3 N–H and O–H groups in total. The quantitative estimate of drug-likeness (QED) is 0.693. The zero-order valence-corrected chi connectivity index (χ0v) is 17.4. The Bertz CT molecular complexity index is 931. The smallest absolute Gasteiger partial charge is 0.322 e. The zero-order valence-electron chi connectivity index (χ0n) is 16.6. The SMILES string of the molecule is CN(C)C(=O)c1ccc(NC(=O)C2CC(O)CN2C(=O)Nc2ccc(Cl)cc2)cc1. The first-order chi connectivity index (χ1) is 14.2. The monoisotopic (exact) mass is 430 g/mol. The lowest BCUT2D eigenvalue weighted by Gasteiger charge is -2.24. The first-order valence-corrected chi connectivity index (χ1v) is 9.76. The van der Waals surface area contributed by atoms with Crippen LogP contribution in [0.3, 0.4) is 0 Å². The molecule has 0 saturated carbocycles. The van der Waals surface area contributed by atoms with Crippen molar-refractivity contribution < 1.29 is 19.5 Å². The number of rotatable bonds is 4. The van der Waals surface area contributed by atoms with Crippen LogP contribution >= 0.6 is 11.6 Å². The molecule has 8 nitrogen and oxygen atoms in total. The summed E-state index contributed by atoms with van der Waals surface area (Å²) >= 11 is 5.85. The molecule has 2 atom stereocenters. The summed E-state index contributed by atoms with van der Waals surface area (Å²) in [4.78, 5) is 40.1. The maximum Gasteiger partial charge on any atom is 0.322 e. The van der Waals surface area contributed by atoms with Crippen LogP contribution in [0.5, 0.6) is 0 Å². The van der Waals surface area contributed by atoms with E-state index in [0.717, 1.165) is 0 Å². The Labute approximate surface area is 179 Å². The number of β-amino-alcohol motifs (C(OH)–C–C–N with tert-alkyl or cyclic N) is 1. The number of aliphatic hydroxyl groups excluding tert-OH is 1. The molecule has 2 aromatic rings. The molecule has 2 aromatic carbocycles. The van der Waals surface area contributed by atoms with Crippen LogP contribution in [0.1, 0.15) is 16.8 Å². The third-order valence-corrected chi connectivity index (χ3v) is 5.00. The lowest BCUT2D eigenvalue weighted by Crippen LogP contribution is -2.45. The first kappa shape index (κ1) is 21.6. The normalized spacial score (nSPS) is 18.1. The first-order valence-electron chi connectivity index (χ1n) is 9.38. The van der Waals surface area contributed by atoms with Crippen LogP contribution in [-0.2, 0) is 4.79 Å². The van der Waals surface area contributed by atoms with Crippen molar-refractivity contribution in [3.8, 4) is 0 Å². The van der Waals surface area contributed by atoms with E-state index in [1.165, 1.54) is 9.80 Å². The molecule has 1 heterocycles. The van der Waals surface area contributed by atoms with E-state index in [9.17, 15) is 19.5 Å². The van der Waals surface area contributed by atoms with Gasteiger partial charge in [-0.2, -0.15) is 0 Å². The van der Waals surface area contributed by atoms with Gasteiger partial charge in [0.25, 0.3) is 5.91 Å². The van der Waals surface area contributed by atoms with Gasteiger partial charge in [0.05, 0.1) is 6.10 Å². The van der Waals surface area contributed by atoms with Crippen LogP contribution in [0.2, 0.25) is 5.02 Å². The molecule has 0 spiro atoms. The van der Waals surface area contributed by atoms with Crippen molar-refractivity contribution in [2.24, 2.45) is 0 Å². The Morgan fingerprint density at radius 2 is 1.57 bits per heavy atom. The molecular formula is C21H23ClN4O4. The number of amides is 4. The van der Waals surface area contributed by atoms with Gasteiger partial charge in [-0.15, -0.1) is 0 Å².